The van der Waals surface area contributed by atoms with Crippen LogP contribution in [0.3, 0.4) is 0 Å². The molecule has 0 rings (SSSR count). The van der Waals surface area contributed by atoms with Crippen LogP contribution in [0.1, 0.15) is 0 Å². The number of hydrogen-bond acceptors (Lipinski definition) is 0. The molecule has 0 amide bonds. The fraction of sp³-hybridized carbons (Fsp3) is 1.00. The topological polar surface area (TPSA) is 0 Å². The van der Waals surface area contributed by atoms with E-state index in [0.29, 0.717) is 0 Å². The zero-order valence-corrected chi connectivity index (χ0v) is 6.60. The first-order chi connectivity index (χ1) is 1.00. The van der Waals surface area contributed by atoms with E-state index in [-0.39, 0.29) is 65.3 Å². The minimum Gasteiger partial charge on any atom is -0.0999 e. The van der Waals surface area contributed by atoms with Crippen LogP contribution < -0.4 is 0 Å². The predicted octanol–water partition coefficient (Wildman–Crippen LogP) is -0.986. The Hall–Kier alpha value is 2.19. The molecule has 0 saturated carbocycles. The quantitative estimate of drug-likeness (QED) is 0.435. The molecule has 0 spiro atoms. The Morgan fingerprint density at radius 1 is 1.20 bits per heavy atom. The fourth-order valence-corrected chi connectivity index (χ4v) is 0. The standard InChI is InChI=1S/CH3B.Al.Ti.Zr.3H/c1-2;;;;;;/h1H3;;;;;;. The van der Waals surface area contributed by atoms with Crippen molar-refractivity contribution >= 4 is 25.2 Å². The van der Waals surface area contributed by atoms with Gasteiger partial charge in [0.15, 0.2) is 17.4 Å². The molecule has 0 unspecified atom stereocenters. The van der Waals surface area contributed by atoms with Gasteiger partial charge in [0.2, 0.25) is 0 Å². The summed E-state index contributed by atoms with van der Waals surface area (Å²) in [5.74, 6) is 0. The minimum atomic E-state index is 0. The van der Waals surface area contributed by atoms with Gasteiger partial charge in [-0.1, -0.05) is 6.82 Å². The molecule has 0 aromatic heterocycles. The summed E-state index contributed by atoms with van der Waals surface area (Å²) in [4.78, 5) is 0. The van der Waals surface area contributed by atoms with Gasteiger partial charge in [0.1, 0.15) is 0 Å². The Balaban J connectivity index is -0.00000000167. The molecule has 5 heavy (non-hydrogen) atoms. The molecule has 0 aromatic carbocycles. The molecule has 0 aliphatic heterocycles. The molecular weight excluding hydrogens is 189 g/mol. The summed E-state index contributed by atoms with van der Waals surface area (Å²) >= 11 is 0. The summed E-state index contributed by atoms with van der Waals surface area (Å²) in [6.45, 7) is 1.50. The van der Waals surface area contributed by atoms with Crippen LogP contribution in [-0.4, -0.2) is 25.2 Å². The van der Waals surface area contributed by atoms with Crippen molar-refractivity contribution in [3.05, 3.63) is 0 Å². The molecule has 0 saturated heterocycles. The average Bonchev–Trinajstić information content (AvgIpc) is 1.00. The van der Waals surface area contributed by atoms with E-state index < -0.39 is 0 Å². The first-order valence-corrected chi connectivity index (χ1v) is 0.577. The Morgan fingerprint density at radius 2 is 1.20 bits per heavy atom. The molecule has 0 atom stereocenters. The molecular formula is CH6AlBTiZr. The third-order valence-corrected chi connectivity index (χ3v) is 0. The smallest absolute Gasteiger partial charge is 0.0999 e. The predicted molar refractivity (Wildman–Crippen MR) is 21.6 cm³/mol. The summed E-state index contributed by atoms with van der Waals surface area (Å²) in [5, 5.41) is 0. The van der Waals surface area contributed by atoms with Crippen LogP contribution in [0.4, 0.5) is 0 Å². The third kappa shape index (κ3) is 22.6. The van der Waals surface area contributed by atoms with E-state index in [1.54, 1.807) is 0 Å². The van der Waals surface area contributed by atoms with Crippen LogP contribution in [0.2, 0.25) is 6.82 Å². The Labute approximate surface area is 79.0 Å². The van der Waals surface area contributed by atoms with Crippen molar-refractivity contribution in [1.29, 1.82) is 0 Å². The summed E-state index contributed by atoms with van der Waals surface area (Å²) in [5.41, 5.74) is 0. The first kappa shape index (κ1) is 27.1. The second kappa shape index (κ2) is 34.7. The van der Waals surface area contributed by atoms with Crippen molar-refractivity contribution in [2.24, 2.45) is 0 Å². The maximum Gasteiger partial charge on any atom is 0.187 e. The minimum absolute atomic E-state index is 0. The maximum atomic E-state index is 4.50. The van der Waals surface area contributed by atoms with Crippen molar-refractivity contribution in [3.63, 3.8) is 0 Å². The van der Waals surface area contributed by atoms with Gasteiger partial charge in [-0.05, 0) is 0 Å². The molecule has 0 aliphatic carbocycles. The summed E-state index contributed by atoms with van der Waals surface area (Å²) in [7, 11) is 4.50. The largest absolute Gasteiger partial charge is 0.187 e. The van der Waals surface area contributed by atoms with E-state index in [1.165, 1.54) is 6.82 Å². The molecule has 0 aromatic rings. The van der Waals surface area contributed by atoms with Crippen LogP contribution in [0, 0.1) is 0 Å². The number of rotatable bonds is 0. The summed E-state index contributed by atoms with van der Waals surface area (Å²) in [6.07, 6.45) is 0. The van der Waals surface area contributed by atoms with E-state index in [9.17, 15) is 0 Å². The van der Waals surface area contributed by atoms with Crippen LogP contribution in [-0.2, 0) is 47.9 Å². The molecule has 0 nitrogen and oxygen atoms in total. The van der Waals surface area contributed by atoms with Gasteiger partial charge in [-0.3, -0.25) is 0 Å². The molecule has 24 valence electrons. The van der Waals surface area contributed by atoms with E-state index in [0.717, 1.165) is 0 Å². The summed E-state index contributed by atoms with van der Waals surface area (Å²) in [6, 6.07) is 0. The van der Waals surface area contributed by atoms with Crippen LogP contribution >= 0.6 is 0 Å². The fourth-order valence-electron chi connectivity index (χ4n) is 0. The van der Waals surface area contributed by atoms with Crippen LogP contribution in [0.15, 0.2) is 0 Å². The van der Waals surface area contributed by atoms with Gasteiger partial charge in [-0.25, -0.2) is 0 Å². The second-order valence-corrected chi connectivity index (χ2v) is 0. The SMILES string of the molecule is [AlH3].[B]C.[Ti].[Zr]. The van der Waals surface area contributed by atoms with E-state index in [2.05, 4.69) is 7.85 Å². The summed E-state index contributed by atoms with van der Waals surface area (Å²) < 4.78 is 0. The maximum absolute atomic E-state index is 4.50. The second-order valence-electron chi connectivity index (χ2n) is 0. The Bertz CT molecular complexity index is 11.6. The van der Waals surface area contributed by atoms with Gasteiger partial charge in [-0.2, -0.15) is 0 Å². The van der Waals surface area contributed by atoms with Crippen LogP contribution in [0.25, 0.3) is 0 Å². The average molecular weight is 195 g/mol. The van der Waals surface area contributed by atoms with Crippen molar-refractivity contribution in [3.8, 4) is 0 Å². The zero-order chi connectivity index (χ0) is 2.00. The van der Waals surface area contributed by atoms with Gasteiger partial charge >= 0.3 is 0 Å². The molecule has 0 heterocycles. The van der Waals surface area contributed by atoms with Gasteiger partial charge in [0.05, 0.1) is 7.85 Å². The zero-order valence-electron chi connectivity index (χ0n) is 2.58. The van der Waals surface area contributed by atoms with Crippen molar-refractivity contribution in [2.45, 2.75) is 6.82 Å². The molecule has 0 aliphatic rings. The molecule has 0 N–H and O–H groups in total. The van der Waals surface area contributed by atoms with Crippen molar-refractivity contribution < 1.29 is 47.9 Å². The van der Waals surface area contributed by atoms with Crippen molar-refractivity contribution in [2.75, 3.05) is 0 Å². The molecule has 4 heteroatoms. The van der Waals surface area contributed by atoms with E-state index in [1.807, 2.05) is 0 Å². The van der Waals surface area contributed by atoms with E-state index >= 15 is 0 Å². The first-order valence-electron chi connectivity index (χ1n) is 0.577. The molecule has 0 bridgehead atoms. The Morgan fingerprint density at radius 3 is 1.20 bits per heavy atom. The Kier molecular flexibility index (Phi) is 188. The van der Waals surface area contributed by atoms with Gasteiger partial charge in [-0.15, -0.1) is 0 Å². The van der Waals surface area contributed by atoms with Crippen molar-refractivity contribution in [1.82, 2.24) is 0 Å². The molecule has 2 radical (unpaired) electrons. The molecule has 0 fully saturated rings. The van der Waals surface area contributed by atoms with Gasteiger partial charge in [0.25, 0.3) is 0 Å². The van der Waals surface area contributed by atoms with Gasteiger partial charge in [0, 0.05) is 47.9 Å². The monoisotopic (exact) mass is 194 g/mol. The number of hydrogen-bond donors (Lipinski definition) is 0. The van der Waals surface area contributed by atoms with Crippen LogP contribution in [0.5, 0.6) is 0 Å². The third-order valence-electron chi connectivity index (χ3n) is 0. The normalized spacial score (nSPS) is 1.00. The van der Waals surface area contributed by atoms with Gasteiger partial charge < -0.3 is 0 Å². The van der Waals surface area contributed by atoms with E-state index in [4.69, 9.17) is 0 Å².